The van der Waals surface area contributed by atoms with Gasteiger partial charge >= 0.3 is 0 Å². The van der Waals surface area contributed by atoms with Crippen molar-refractivity contribution in [1.82, 2.24) is 10.1 Å². The molecule has 1 aromatic heterocycles. The number of ketones is 1. The summed E-state index contributed by atoms with van der Waals surface area (Å²) in [5, 5.41) is 3.91. The van der Waals surface area contributed by atoms with Crippen LogP contribution in [0.1, 0.15) is 44.3 Å². The van der Waals surface area contributed by atoms with Crippen molar-refractivity contribution in [2.75, 3.05) is 0 Å². The first-order valence-electron chi connectivity index (χ1n) is 4.98. The first-order valence-corrected chi connectivity index (χ1v) is 4.98. The van der Waals surface area contributed by atoms with Crippen molar-refractivity contribution in [2.45, 2.75) is 39.0 Å². The number of rotatable bonds is 4. The number of Topliss-reactive ketones (excluding diaryl/α,β-unsaturated/α-hetero) is 1. The molecule has 1 heterocycles. The van der Waals surface area contributed by atoms with Gasteiger partial charge in [-0.1, -0.05) is 12.1 Å². The molecule has 0 spiro atoms. The summed E-state index contributed by atoms with van der Waals surface area (Å²) in [6.07, 6.45) is 2.22. The van der Waals surface area contributed by atoms with E-state index in [1.807, 2.05) is 0 Å². The van der Waals surface area contributed by atoms with E-state index in [1.165, 1.54) is 0 Å². The van der Waals surface area contributed by atoms with Crippen LogP contribution in [0.15, 0.2) is 4.52 Å². The van der Waals surface area contributed by atoms with Gasteiger partial charge in [0.05, 0.1) is 0 Å². The molecule has 1 aliphatic rings. The quantitative estimate of drug-likeness (QED) is 0.732. The number of hydrogen-bond donors (Lipinski definition) is 0. The number of aryl methyl sites for hydroxylation is 1. The van der Waals surface area contributed by atoms with Crippen LogP contribution in [0, 0.1) is 5.92 Å². The maximum Gasteiger partial charge on any atom is 0.227 e. The van der Waals surface area contributed by atoms with Gasteiger partial charge in [0.1, 0.15) is 5.78 Å². The SMILES string of the molecule is CC(=O)CCc1nc(C2CC2C)no1. The maximum absolute atomic E-state index is 10.7. The van der Waals surface area contributed by atoms with E-state index in [9.17, 15) is 4.79 Å². The fourth-order valence-corrected chi connectivity index (χ4v) is 1.49. The Morgan fingerprint density at radius 2 is 2.36 bits per heavy atom. The second kappa shape index (κ2) is 3.52. The van der Waals surface area contributed by atoms with Crippen molar-refractivity contribution < 1.29 is 9.32 Å². The van der Waals surface area contributed by atoms with Gasteiger partial charge < -0.3 is 9.32 Å². The molecule has 4 nitrogen and oxygen atoms in total. The Balaban J connectivity index is 1.93. The van der Waals surface area contributed by atoms with E-state index < -0.39 is 0 Å². The van der Waals surface area contributed by atoms with Gasteiger partial charge in [-0.05, 0) is 19.3 Å². The Kier molecular flexibility index (Phi) is 2.35. The summed E-state index contributed by atoms with van der Waals surface area (Å²) in [5.41, 5.74) is 0. The summed E-state index contributed by atoms with van der Waals surface area (Å²) >= 11 is 0. The zero-order valence-electron chi connectivity index (χ0n) is 8.49. The molecule has 0 bridgehead atoms. The predicted octanol–water partition coefficient (Wildman–Crippen LogP) is 1.71. The molecule has 0 N–H and O–H groups in total. The first kappa shape index (κ1) is 9.37. The molecule has 2 unspecified atom stereocenters. The maximum atomic E-state index is 10.7. The zero-order valence-corrected chi connectivity index (χ0v) is 8.49. The van der Waals surface area contributed by atoms with Crippen molar-refractivity contribution in [3.63, 3.8) is 0 Å². The van der Waals surface area contributed by atoms with Crippen LogP contribution >= 0.6 is 0 Å². The summed E-state index contributed by atoms with van der Waals surface area (Å²) < 4.78 is 5.05. The molecule has 0 saturated heterocycles. The van der Waals surface area contributed by atoms with Gasteiger partial charge in [0.2, 0.25) is 5.89 Å². The van der Waals surface area contributed by atoms with Gasteiger partial charge in [-0.3, -0.25) is 0 Å². The number of aromatic nitrogens is 2. The third-order valence-corrected chi connectivity index (χ3v) is 2.62. The van der Waals surface area contributed by atoms with E-state index in [-0.39, 0.29) is 5.78 Å². The topological polar surface area (TPSA) is 56.0 Å². The minimum atomic E-state index is 0.157. The summed E-state index contributed by atoms with van der Waals surface area (Å²) in [4.78, 5) is 15.0. The largest absolute Gasteiger partial charge is 0.339 e. The molecule has 1 aliphatic carbocycles. The fourth-order valence-electron chi connectivity index (χ4n) is 1.49. The highest BCUT2D eigenvalue weighted by Crippen LogP contribution is 2.45. The van der Waals surface area contributed by atoms with Crippen molar-refractivity contribution in [2.24, 2.45) is 5.92 Å². The molecular formula is C10H14N2O2. The Bertz CT molecular complexity index is 346. The highest BCUT2D eigenvalue weighted by Gasteiger charge is 2.37. The lowest BCUT2D eigenvalue weighted by Crippen LogP contribution is -1.94. The summed E-state index contributed by atoms with van der Waals surface area (Å²) in [6.45, 7) is 3.75. The standard InChI is InChI=1S/C10H14N2O2/c1-6-5-8(6)10-11-9(14-12-10)4-3-7(2)13/h6,8H,3-5H2,1-2H3. The van der Waals surface area contributed by atoms with Gasteiger partial charge in [-0.25, -0.2) is 0 Å². The van der Waals surface area contributed by atoms with Crippen LogP contribution in [0.3, 0.4) is 0 Å². The molecule has 1 saturated carbocycles. The molecule has 2 atom stereocenters. The molecule has 1 fully saturated rings. The molecule has 0 aromatic carbocycles. The highest BCUT2D eigenvalue weighted by atomic mass is 16.5. The first-order chi connectivity index (χ1) is 6.66. The van der Waals surface area contributed by atoms with Crippen LogP contribution in [0.2, 0.25) is 0 Å². The third-order valence-electron chi connectivity index (χ3n) is 2.62. The molecular weight excluding hydrogens is 180 g/mol. The number of carbonyl (C=O) groups is 1. The minimum absolute atomic E-state index is 0.157. The van der Waals surface area contributed by atoms with E-state index in [2.05, 4.69) is 17.1 Å². The Hall–Kier alpha value is -1.19. The van der Waals surface area contributed by atoms with Crippen LogP contribution in [0.25, 0.3) is 0 Å². The molecule has 0 aliphatic heterocycles. The number of hydrogen-bond acceptors (Lipinski definition) is 4. The van der Waals surface area contributed by atoms with Gasteiger partial charge in [0.25, 0.3) is 0 Å². The van der Waals surface area contributed by atoms with Gasteiger partial charge in [-0.15, -0.1) is 0 Å². The monoisotopic (exact) mass is 194 g/mol. The van der Waals surface area contributed by atoms with Crippen molar-refractivity contribution >= 4 is 5.78 Å². The molecule has 2 rings (SSSR count). The molecule has 0 amide bonds. The summed E-state index contributed by atoms with van der Waals surface area (Å²) in [6, 6.07) is 0. The fraction of sp³-hybridized carbons (Fsp3) is 0.700. The summed E-state index contributed by atoms with van der Waals surface area (Å²) in [5.74, 6) is 2.74. The van der Waals surface area contributed by atoms with Crippen molar-refractivity contribution in [1.29, 1.82) is 0 Å². The molecule has 0 radical (unpaired) electrons. The molecule has 1 aromatic rings. The Labute approximate surface area is 82.7 Å². The average Bonchev–Trinajstić information content (AvgIpc) is 2.68. The lowest BCUT2D eigenvalue weighted by Gasteiger charge is -1.88. The van der Waals surface area contributed by atoms with Crippen LogP contribution in [0.4, 0.5) is 0 Å². The van der Waals surface area contributed by atoms with Gasteiger partial charge in [0.15, 0.2) is 5.82 Å². The van der Waals surface area contributed by atoms with Gasteiger partial charge in [-0.2, -0.15) is 4.98 Å². The predicted molar refractivity (Wildman–Crippen MR) is 49.8 cm³/mol. The van der Waals surface area contributed by atoms with Gasteiger partial charge in [0, 0.05) is 18.8 Å². The van der Waals surface area contributed by atoms with Crippen LogP contribution in [0.5, 0.6) is 0 Å². The lowest BCUT2D eigenvalue weighted by atomic mass is 10.2. The van der Waals surface area contributed by atoms with Crippen LogP contribution < -0.4 is 0 Å². The minimum Gasteiger partial charge on any atom is -0.339 e. The Morgan fingerprint density at radius 3 is 2.93 bits per heavy atom. The van der Waals surface area contributed by atoms with E-state index in [0.717, 1.165) is 12.2 Å². The molecule has 76 valence electrons. The van der Waals surface area contributed by atoms with E-state index >= 15 is 0 Å². The summed E-state index contributed by atoms with van der Waals surface area (Å²) in [7, 11) is 0. The van der Waals surface area contributed by atoms with Crippen LogP contribution in [-0.4, -0.2) is 15.9 Å². The zero-order chi connectivity index (χ0) is 10.1. The third kappa shape index (κ3) is 2.00. The van der Waals surface area contributed by atoms with E-state index in [0.29, 0.717) is 30.6 Å². The van der Waals surface area contributed by atoms with E-state index in [1.54, 1.807) is 6.92 Å². The molecule has 14 heavy (non-hydrogen) atoms. The second-order valence-electron chi connectivity index (χ2n) is 4.07. The number of nitrogens with zero attached hydrogens (tertiary/aromatic N) is 2. The van der Waals surface area contributed by atoms with Crippen molar-refractivity contribution in [3.05, 3.63) is 11.7 Å². The van der Waals surface area contributed by atoms with Crippen molar-refractivity contribution in [3.8, 4) is 0 Å². The number of carbonyl (C=O) groups excluding carboxylic acids is 1. The smallest absolute Gasteiger partial charge is 0.227 e. The lowest BCUT2D eigenvalue weighted by molar-refractivity contribution is -0.117. The normalized spacial score (nSPS) is 25.0. The molecule has 4 heteroatoms. The highest BCUT2D eigenvalue weighted by molar-refractivity contribution is 5.75. The Morgan fingerprint density at radius 1 is 1.64 bits per heavy atom. The average molecular weight is 194 g/mol. The second-order valence-corrected chi connectivity index (χ2v) is 4.07. The van der Waals surface area contributed by atoms with E-state index in [4.69, 9.17) is 4.52 Å². The van der Waals surface area contributed by atoms with Crippen LogP contribution in [-0.2, 0) is 11.2 Å².